The summed E-state index contributed by atoms with van der Waals surface area (Å²) in [5.74, 6) is 0.109. The van der Waals surface area contributed by atoms with Gasteiger partial charge in [-0.3, -0.25) is 4.90 Å². The Hall–Kier alpha value is -1.38. The summed E-state index contributed by atoms with van der Waals surface area (Å²) in [6.07, 6.45) is 2.06. The van der Waals surface area contributed by atoms with Gasteiger partial charge in [-0.15, -0.1) is 0 Å². The first kappa shape index (κ1) is 18.0. The van der Waals surface area contributed by atoms with Crippen LogP contribution in [0.4, 0.5) is 0 Å². The normalized spacial score (nSPS) is 20.1. The fourth-order valence-corrected chi connectivity index (χ4v) is 5.00. The minimum absolute atomic E-state index is 0.109. The van der Waals surface area contributed by atoms with Crippen LogP contribution in [0.1, 0.15) is 38.7 Å². The minimum Gasteiger partial charge on any atom is -0.298 e. The van der Waals surface area contributed by atoms with Crippen molar-refractivity contribution in [2.75, 3.05) is 18.8 Å². The van der Waals surface area contributed by atoms with Crippen molar-refractivity contribution >= 4 is 9.84 Å². The van der Waals surface area contributed by atoms with E-state index in [1.807, 2.05) is 18.2 Å². The lowest BCUT2D eigenvalue weighted by Gasteiger charge is -2.32. The maximum Gasteiger partial charge on any atom is 0.154 e. The van der Waals surface area contributed by atoms with E-state index >= 15 is 0 Å². The highest BCUT2D eigenvalue weighted by Gasteiger charge is 2.32. The van der Waals surface area contributed by atoms with Crippen molar-refractivity contribution in [3.05, 3.63) is 35.9 Å². The Kier molecular flexibility index (Phi) is 5.83. The van der Waals surface area contributed by atoms with E-state index in [4.69, 9.17) is 5.26 Å². The van der Waals surface area contributed by atoms with Crippen molar-refractivity contribution in [3.8, 4) is 6.07 Å². The Morgan fingerprint density at radius 3 is 2.65 bits per heavy atom. The van der Waals surface area contributed by atoms with Gasteiger partial charge < -0.3 is 0 Å². The van der Waals surface area contributed by atoms with Gasteiger partial charge in [-0.2, -0.15) is 5.26 Å². The van der Waals surface area contributed by atoms with Crippen molar-refractivity contribution in [3.63, 3.8) is 0 Å². The molecule has 1 atom stereocenters. The number of likely N-dealkylation sites (tertiary alicyclic amines) is 1. The summed E-state index contributed by atoms with van der Waals surface area (Å²) >= 11 is 0. The van der Waals surface area contributed by atoms with E-state index in [2.05, 4.69) is 23.1 Å². The molecule has 1 saturated heterocycles. The molecule has 1 fully saturated rings. The molecule has 1 aliphatic rings. The molecule has 0 spiro atoms. The molecule has 2 rings (SSSR count). The average molecular weight is 334 g/mol. The Morgan fingerprint density at radius 2 is 2.00 bits per heavy atom. The summed E-state index contributed by atoms with van der Waals surface area (Å²) in [5, 5.41) is 8.76. The quantitative estimate of drug-likeness (QED) is 0.802. The van der Waals surface area contributed by atoms with Gasteiger partial charge in [-0.05, 0) is 45.2 Å². The number of sulfone groups is 1. The topological polar surface area (TPSA) is 61.2 Å². The van der Waals surface area contributed by atoms with E-state index in [-0.39, 0.29) is 11.0 Å². The zero-order chi connectivity index (χ0) is 16.9. The van der Waals surface area contributed by atoms with E-state index in [1.165, 1.54) is 5.56 Å². The predicted molar refractivity (Wildman–Crippen MR) is 92.5 cm³/mol. The molecule has 0 saturated carbocycles. The second-order valence-corrected chi connectivity index (χ2v) is 9.50. The molecule has 0 amide bonds. The molecule has 1 aliphatic heterocycles. The van der Waals surface area contributed by atoms with Gasteiger partial charge >= 0.3 is 0 Å². The van der Waals surface area contributed by atoms with Crippen LogP contribution in [0.3, 0.4) is 0 Å². The van der Waals surface area contributed by atoms with Crippen molar-refractivity contribution in [2.24, 2.45) is 5.41 Å². The Bertz CT molecular complexity index is 647. The van der Waals surface area contributed by atoms with Gasteiger partial charge in [0.2, 0.25) is 0 Å². The van der Waals surface area contributed by atoms with Crippen LogP contribution in [-0.4, -0.2) is 37.4 Å². The number of nitriles is 1. The molecule has 0 aliphatic carbocycles. The number of hydrogen-bond acceptors (Lipinski definition) is 4. The molecule has 0 bridgehead atoms. The number of benzene rings is 1. The van der Waals surface area contributed by atoms with E-state index in [0.29, 0.717) is 13.0 Å². The van der Waals surface area contributed by atoms with Gasteiger partial charge in [0.1, 0.15) is 0 Å². The SMILES string of the molecule is CC(C)(C#N)CCS(=O)(=O)C1CCCN(Cc2ccccc2)C1. The molecule has 126 valence electrons. The third-order valence-electron chi connectivity index (χ3n) is 4.53. The largest absolute Gasteiger partial charge is 0.298 e. The summed E-state index contributed by atoms with van der Waals surface area (Å²) in [6.45, 7) is 5.95. The van der Waals surface area contributed by atoms with Crippen molar-refractivity contribution in [2.45, 2.75) is 44.9 Å². The molecule has 1 unspecified atom stereocenters. The highest BCUT2D eigenvalue weighted by atomic mass is 32.2. The van der Waals surface area contributed by atoms with Crippen LogP contribution in [0.5, 0.6) is 0 Å². The van der Waals surface area contributed by atoms with Gasteiger partial charge in [0.15, 0.2) is 9.84 Å². The average Bonchev–Trinajstić information content (AvgIpc) is 2.54. The van der Waals surface area contributed by atoms with Crippen LogP contribution < -0.4 is 0 Å². The second-order valence-electron chi connectivity index (χ2n) is 7.10. The summed E-state index contributed by atoms with van der Waals surface area (Å²) < 4.78 is 25.2. The van der Waals surface area contributed by atoms with Gasteiger partial charge in [0.25, 0.3) is 0 Å². The maximum absolute atomic E-state index is 12.6. The van der Waals surface area contributed by atoms with Crippen LogP contribution in [0.2, 0.25) is 0 Å². The third kappa shape index (κ3) is 5.33. The lowest BCUT2D eigenvalue weighted by molar-refractivity contribution is 0.222. The van der Waals surface area contributed by atoms with Crippen LogP contribution in [-0.2, 0) is 16.4 Å². The minimum atomic E-state index is -3.14. The maximum atomic E-state index is 12.6. The molecule has 23 heavy (non-hydrogen) atoms. The number of nitrogens with zero attached hydrogens (tertiary/aromatic N) is 2. The van der Waals surface area contributed by atoms with Gasteiger partial charge in [-0.25, -0.2) is 8.42 Å². The zero-order valence-electron chi connectivity index (χ0n) is 14.0. The lowest BCUT2D eigenvalue weighted by Crippen LogP contribution is -2.42. The fraction of sp³-hybridized carbons (Fsp3) is 0.611. The summed E-state index contributed by atoms with van der Waals surface area (Å²) in [5.41, 5.74) is 0.641. The second kappa shape index (κ2) is 7.46. The number of piperidine rings is 1. The van der Waals surface area contributed by atoms with E-state index in [9.17, 15) is 8.42 Å². The van der Waals surface area contributed by atoms with Crippen LogP contribution >= 0.6 is 0 Å². The molecular weight excluding hydrogens is 308 g/mol. The first-order valence-corrected chi connectivity index (χ1v) is 9.93. The fourth-order valence-electron chi connectivity index (χ4n) is 2.91. The van der Waals surface area contributed by atoms with Crippen molar-refractivity contribution in [1.29, 1.82) is 5.26 Å². The Labute approximate surface area is 140 Å². The molecule has 4 nitrogen and oxygen atoms in total. The summed E-state index contributed by atoms with van der Waals surface area (Å²) in [7, 11) is -3.14. The van der Waals surface area contributed by atoms with Crippen LogP contribution in [0, 0.1) is 16.7 Å². The van der Waals surface area contributed by atoms with E-state index in [0.717, 1.165) is 25.9 Å². The Balaban J connectivity index is 1.96. The summed E-state index contributed by atoms with van der Waals surface area (Å²) in [4.78, 5) is 2.23. The molecule has 5 heteroatoms. The van der Waals surface area contributed by atoms with Gasteiger partial charge in [0, 0.05) is 13.1 Å². The first-order chi connectivity index (χ1) is 10.8. The highest BCUT2D eigenvalue weighted by Crippen LogP contribution is 2.24. The van der Waals surface area contributed by atoms with E-state index in [1.54, 1.807) is 13.8 Å². The van der Waals surface area contributed by atoms with Gasteiger partial charge in [-0.1, -0.05) is 30.3 Å². The third-order valence-corrected chi connectivity index (χ3v) is 6.71. The smallest absolute Gasteiger partial charge is 0.154 e. The molecule has 1 aromatic rings. The standard InChI is InChI=1S/C18H26N2O2S/c1-18(2,15-19)10-12-23(21,22)17-9-6-11-20(14-17)13-16-7-4-3-5-8-16/h3-5,7-8,17H,6,9-14H2,1-2H3. The van der Waals surface area contributed by atoms with Crippen LogP contribution in [0.15, 0.2) is 30.3 Å². The van der Waals surface area contributed by atoms with Crippen molar-refractivity contribution < 1.29 is 8.42 Å². The monoisotopic (exact) mass is 334 g/mol. The molecular formula is C18H26N2O2S. The van der Waals surface area contributed by atoms with Crippen LogP contribution in [0.25, 0.3) is 0 Å². The first-order valence-electron chi connectivity index (χ1n) is 8.21. The molecule has 0 radical (unpaired) electrons. The zero-order valence-corrected chi connectivity index (χ0v) is 14.8. The molecule has 0 aromatic heterocycles. The van der Waals surface area contributed by atoms with E-state index < -0.39 is 15.3 Å². The lowest BCUT2D eigenvalue weighted by atomic mass is 9.93. The summed E-state index contributed by atoms with van der Waals surface area (Å²) in [6, 6.07) is 12.4. The molecule has 1 heterocycles. The number of rotatable bonds is 6. The highest BCUT2D eigenvalue weighted by molar-refractivity contribution is 7.92. The number of hydrogen-bond donors (Lipinski definition) is 0. The van der Waals surface area contributed by atoms with Gasteiger partial charge in [0.05, 0.1) is 22.5 Å². The van der Waals surface area contributed by atoms with Crippen molar-refractivity contribution in [1.82, 2.24) is 4.90 Å². The predicted octanol–water partition coefficient (Wildman–Crippen LogP) is 3.01. The molecule has 1 aromatic carbocycles. The molecule has 0 N–H and O–H groups in total. The Morgan fingerprint density at radius 1 is 1.30 bits per heavy atom.